The fourth-order valence-corrected chi connectivity index (χ4v) is 25.9. The van der Waals surface area contributed by atoms with E-state index in [0.717, 1.165) is 0 Å². The molecule has 146 valence electrons. The molecule has 0 heterocycles. The summed E-state index contributed by atoms with van der Waals surface area (Å²) >= 11 is -3.33. The predicted molar refractivity (Wildman–Crippen MR) is 124 cm³/mol. The van der Waals surface area contributed by atoms with Gasteiger partial charge in [0.15, 0.2) is 0 Å². The van der Waals surface area contributed by atoms with Crippen molar-refractivity contribution < 1.29 is 17.4 Å². The monoisotopic (exact) mass is 464 g/mol. The first-order valence-electron chi connectivity index (χ1n) is 10.8. The van der Waals surface area contributed by atoms with Crippen molar-refractivity contribution in [2.45, 2.75) is 44.2 Å². The molecule has 0 N–H and O–H groups in total. The predicted octanol–water partition coefficient (Wildman–Crippen LogP) is 6.91. The van der Waals surface area contributed by atoms with Gasteiger partial charge in [0.1, 0.15) is 0 Å². The Kier molecular flexibility index (Phi) is 4.91. The Morgan fingerprint density at radius 2 is 1.04 bits per heavy atom. The van der Waals surface area contributed by atoms with Crippen LogP contribution in [0.1, 0.15) is 57.2 Å². The van der Waals surface area contributed by atoms with E-state index in [1.807, 2.05) is 0 Å². The van der Waals surface area contributed by atoms with Gasteiger partial charge in [-0.05, 0) is 0 Å². The minimum absolute atomic E-state index is 0.595. The van der Waals surface area contributed by atoms with Crippen molar-refractivity contribution in [3.63, 3.8) is 0 Å². The Hall–Kier alpha value is -0.980. The van der Waals surface area contributed by atoms with Gasteiger partial charge >= 0.3 is 174 Å². The van der Waals surface area contributed by atoms with Crippen LogP contribution in [0.2, 0.25) is 9.26 Å². The van der Waals surface area contributed by atoms with Gasteiger partial charge in [0.2, 0.25) is 0 Å². The quantitative estimate of drug-likeness (QED) is 0.430. The summed E-state index contributed by atoms with van der Waals surface area (Å²) in [6.07, 6.45) is 5.05. The summed E-state index contributed by atoms with van der Waals surface area (Å²) in [4.78, 5) is 0. The average Bonchev–Trinajstić information content (AvgIpc) is 3.21. The van der Waals surface area contributed by atoms with Crippen LogP contribution in [-0.2, 0) is 17.4 Å². The van der Waals surface area contributed by atoms with Crippen LogP contribution in [0.15, 0.2) is 59.7 Å². The van der Waals surface area contributed by atoms with Crippen molar-refractivity contribution in [3.05, 3.63) is 81.9 Å². The third-order valence-electron chi connectivity index (χ3n) is 7.15. The SMILES string of the molecule is CC(C)C1=Cc2ccccc2[CH]1[Zr]([CH3])([CH3])(=[SiH2])[CH]1C(C(C)C)=Cc2ccccc21. The summed E-state index contributed by atoms with van der Waals surface area (Å²) in [5.41, 5.74) is 9.49. The minimum atomic E-state index is -3.33. The molecule has 2 aromatic carbocycles. The van der Waals surface area contributed by atoms with Crippen LogP contribution in [0.25, 0.3) is 12.2 Å². The van der Waals surface area contributed by atoms with Crippen molar-refractivity contribution in [3.8, 4) is 0 Å². The van der Waals surface area contributed by atoms with Gasteiger partial charge in [-0.2, -0.15) is 0 Å². The summed E-state index contributed by atoms with van der Waals surface area (Å²) in [5.74, 6) is 1.19. The molecule has 4 rings (SSSR count). The van der Waals surface area contributed by atoms with Crippen LogP contribution in [0.4, 0.5) is 0 Å². The Balaban J connectivity index is 1.97. The molecule has 0 spiro atoms. The molecular formula is C26H34SiZr. The summed E-state index contributed by atoms with van der Waals surface area (Å²) in [7, 11) is 0. The van der Waals surface area contributed by atoms with Gasteiger partial charge in [-0.15, -0.1) is 0 Å². The van der Waals surface area contributed by atoms with Gasteiger partial charge in [-0.1, -0.05) is 0 Å². The zero-order valence-corrected chi connectivity index (χ0v) is 22.2. The molecule has 0 nitrogen and oxygen atoms in total. The molecule has 2 aliphatic carbocycles. The van der Waals surface area contributed by atoms with Crippen LogP contribution in [0.5, 0.6) is 0 Å². The molecule has 2 aliphatic rings. The van der Waals surface area contributed by atoms with Gasteiger partial charge in [0, 0.05) is 0 Å². The topological polar surface area (TPSA) is 0 Å². The van der Waals surface area contributed by atoms with Gasteiger partial charge in [0.25, 0.3) is 0 Å². The van der Waals surface area contributed by atoms with Gasteiger partial charge < -0.3 is 0 Å². The van der Waals surface area contributed by atoms with E-state index in [1.165, 1.54) is 11.1 Å². The Bertz CT molecular complexity index is 982. The second-order valence-corrected chi connectivity index (χ2v) is 41.1. The second-order valence-electron chi connectivity index (χ2n) is 10.7. The van der Waals surface area contributed by atoms with Crippen LogP contribution in [-0.4, -0.2) is 6.88 Å². The molecule has 0 amide bonds. The van der Waals surface area contributed by atoms with Crippen molar-refractivity contribution in [2.75, 3.05) is 0 Å². The summed E-state index contributed by atoms with van der Waals surface area (Å²) < 4.78 is 6.75. The molecular weight excluding hydrogens is 432 g/mol. The van der Waals surface area contributed by atoms with E-state index in [-0.39, 0.29) is 0 Å². The molecule has 0 saturated carbocycles. The number of benzene rings is 2. The van der Waals surface area contributed by atoms with E-state index >= 15 is 0 Å². The van der Waals surface area contributed by atoms with E-state index in [9.17, 15) is 0 Å². The van der Waals surface area contributed by atoms with Crippen LogP contribution >= 0.6 is 0 Å². The number of allylic oxidation sites excluding steroid dienone is 2. The molecule has 2 unspecified atom stereocenters. The van der Waals surface area contributed by atoms with Crippen molar-refractivity contribution in [2.24, 2.45) is 11.8 Å². The molecule has 0 fully saturated rings. The first-order chi connectivity index (χ1) is 13.1. The Morgan fingerprint density at radius 1 is 0.679 bits per heavy atom. The van der Waals surface area contributed by atoms with Crippen LogP contribution in [0, 0.1) is 11.8 Å². The van der Waals surface area contributed by atoms with E-state index in [2.05, 4.69) is 105 Å². The van der Waals surface area contributed by atoms with Crippen LogP contribution in [0.3, 0.4) is 0 Å². The first kappa shape index (κ1) is 20.3. The van der Waals surface area contributed by atoms with Gasteiger partial charge in [0.05, 0.1) is 0 Å². The third kappa shape index (κ3) is 3.03. The van der Waals surface area contributed by atoms with Crippen molar-refractivity contribution in [1.29, 1.82) is 0 Å². The summed E-state index contributed by atoms with van der Waals surface area (Å²) in [5, 5.41) is 0. The number of rotatable bonds is 4. The molecule has 0 aromatic heterocycles. The fourth-order valence-electron chi connectivity index (χ4n) is 5.98. The zero-order chi connectivity index (χ0) is 20.3. The van der Waals surface area contributed by atoms with Crippen LogP contribution < -0.4 is 0 Å². The van der Waals surface area contributed by atoms with E-state index in [1.54, 1.807) is 22.3 Å². The average molecular weight is 466 g/mol. The number of hydrogen-bond donors (Lipinski definition) is 0. The van der Waals surface area contributed by atoms with E-state index < -0.39 is 17.4 Å². The van der Waals surface area contributed by atoms with Crippen molar-refractivity contribution in [1.82, 2.24) is 0 Å². The first-order valence-corrected chi connectivity index (χ1v) is 24.5. The summed E-state index contributed by atoms with van der Waals surface area (Å²) in [6, 6.07) is 18.4. The zero-order valence-electron chi connectivity index (χ0n) is 18.3. The number of hydrogen-bond acceptors (Lipinski definition) is 0. The molecule has 0 saturated heterocycles. The fraction of sp³-hybridized carbons (Fsp3) is 0.385. The molecule has 2 aromatic rings. The molecule has 2 atom stereocenters. The van der Waals surface area contributed by atoms with Gasteiger partial charge in [-0.3, -0.25) is 0 Å². The summed E-state index contributed by atoms with van der Waals surface area (Å²) in [6.45, 7) is 12.0. The molecule has 28 heavy (non-hydrogen) atoms. The molecule has 2 heteroatoms. The Morgan fingerprint density at radius 3 is 1.39 bits per heavy atom. The standard InChI is InChI=1S/2C12H13.2CH3.H2Si.Zr/c2*1-9(2)12-7-10-5-3-4-6-11(10)8-12;;;;/h2*3-9H,1-2H3;2*1H3;1H2;. The van der Waals surface area contributed by atoms with E-state index in [0.29, 0.717) is 19.1 Å². The van der Waals surface area contributed by atoms with E-state index in [4.69, 9.17) is 0 Å². The maximum absolute atomic E-state index is 3.33. The maximum atomic E-state index is 2.74. The second kappa shape index (κ2) is 6.78. The molecule has 0 radical (unpaired) electrons. The van der Waals surface area contributed by atoms with Crippen molar-refractivity contribution >= 4 is 19.0 Å². The molecule has 0 bridgehead atoms. The number of fused-ring (bicyclic) bond motifs is 2. The normalized spacial score (nSPS) is 21.6. The Labute approximate surface area is 173 Å². The van der Waals surface area contributed by atoms with Gasteiger partial charge in [-0.25, -0.2) is 0 Å². The third-order valence-corrected chi connectivity index (χ3v) is 24.5. The molecule has 0 aliphatic heterocycles.